The lowest BCUT2D eigenvalue weighted by atomic mass is 10.1. The van der Waals surface area contributed by atoms with Gasteiger partial charge >= 0.3 is 0 Å². The minimum absolute atomic E-state index is 0.0456. The first kappa shape index (κ1) is 14.4. The fraction of sp³-hybridized carbons (Fsp3) is 0.545. The summed E-state index contributed by atoms with van der Waals surface area (Å²) in [6.07, 6.45) is -3.48. The molecule has 0 aliphatic carbocycles. The lowest BCUT2D eigenvalue weighted by Gasteiger charge is -2.14. The molecule has 4 atom stereocenters. The average molecular weight is 282 g/mol. The third kappa shape index (κ3) is 2.37. The molecule has 20 heavy (non-hydrogen) atoms. The van der Waals surface area contributed by atoms with Gasteiger partial charge in [0.2, 0.25) is 0 Å². The maximum atomic E-state index is 11.3. The molecule has 1 aromatic rings. The molecule has 1 aromatic heterocycles. The van der Waals surface area contributed by atoms with Gasteiger partial charge in [-0.2, -0.15) is 10.4 Å². The molecule has 2 heterocycles. The Kier molecular flexibility index (Phi) is 4.01. The van der Waals surface area contributed by atoms with Crippen LogP contribution in [0, 0.1) is 11.3 Å². The van der Waals surface area contributed by atoms with Crippen LogP contribution in [0.15, 0.2) is 6.20 Å². The number of primary amides is 1. The van der Waals surface area contributed by atoms with E-state index in [1.807, 2.05) is 6.07 Å². The fourth-order valence-electron chi connectivity index (χ4n) is 2.07. The second-order valence-electron chi connectivity index (χ2n) is 4.40. The summed E-state index contributed by atoms with van der Waals surface area (Å²) in [5.74, 6) is -0.756. The topological polar surface area (TPSA) is 155 Å². The third-order valence-electron chi connectivity index (χ3n) is 3.10. The number of nitrogens with two attached hydrogens (primary N) is 1. The quantitative estimate of drug-likeness (QED) is 0.482. The second kappa shape index (κ2) is 5.56. The van der Waals surface area contributed by atoms with E-state index in [0.717, 1.165) is 4.68 Å². The molecule has 5 N–H and O–H groups in total. The van der Waals surface area contributed by atoms with Crippen molar-refractivity contribution in [2.24, 2.45) is 5.73 Å². The van der Waals surface area contributed by atoms with Crippen molar-refractivity contribution in [2.75, 3.05) is 6.61 Å². The number of carbonyl (C=O) groups is 1. The summed E-state index contributed by atoms with van der Waals surface area (Å²) < 4.78 is 6.38. The number of hydrogen-bond acceptors (Lipinski definition) is 7. The van der Waals surface area contributed by atoms with Crippen molar-refractivity contribution in [1.29, 1.82) is 5.26 Å². The number of nitrogens with zero attached hydrogens (tertiary/aromatic N) is 3. The molecule has 108 valence electrons. The Hall–Kier alpha value is -1.99. The minimum Gasteiger partial charge on any atom is -0.394 e. The predicted molar refractivity (Wildman–Crippen MR) is 63.1 cm³/mol. The van der Waals surface area contributed by atoms with Crippen LogP contribution >= 0.6 is 0 Å². The molecule has 1 aliphatic heterocycles. The summed E-state index contributed by atoms with van der Waals surface area (Å²) in [7, 11) is 0. The van der Waals surface area contributed by atoms with E-state index in [9.17, 15) is 15.0 Å². The van der Waals surface area contributed by atoms with Crippen LogP contribution in [0.25, 0.3) is 0 Å². The van der Waals surface area contributed by atoms with Crippen LogP contribution in [0.4, 0.5) is 0 Å². The number of aromatic nitrogens is 2. The van der Waals surface area contributed by atoms with Crippen LogP contribution in [-0.4, -0.2) is 55.9 Å². The molecule has 1 fully saturated rings. The SMILES string of the molecule is N#CCc1nn([C@@H]2O[C@H](CO)[C@@H](O)[C@H]2O)cc1C(N)=O. The van der Waals surface area contributed by atoms with Gasteiger partial charge in [-0.15, -0.1) is 0 Å². The Morgan fingerprint density at radius 3 is 2.75 bits per heavy atom. The van der Waals surface area contributed by atoms with Gasteiger partial charge in [-0.05, 0) is 0 Å². The number of rotatable bonds is 4. The van der Waals surface area contributed by atoms with E-state index < -0.39 is 37.1 Å². The van der Waals surface area contributed by atoms with Gasteiger partial charge in [-0.3, -0.25) is 4.79 Å². The van der Waals surface area contributed by atoms with Crippen molar-refractivity contribution in [3.63, 3.8) is 0 Å². The van der Waals surface area contributed by atoms with Crippen LogP contribution in [0.2, 0.25) is 0 Å². The number of nitriles is 1. The molecule has 0 saturated carbocycles. The molecular formula is C11H14N4O5. The Morgan fingerprint density at radius 2 is 2.25 bits per heavy atom. The zero-order chi connectivity index (χ0) is 14.9. The summed E-state index contributed by atoms with van der Waals surface area (Å²) in [6, 6.07) is 1.85. The summed E-state index contributed by atoms with van der Waals surface area (Å²) >= 11 is 0. The average Bonchev–Trinajstić information content (AvgIpc) is 2.94. The molecule has 0 spiro atoms. The van der Waals surface area contributed by atoms with E-state index in [1.165, 1.54) is 6.20 Å². The van der Waals surface area contributed by atoms with Crippen molar-refractivity contribution < 1.29 is 24.9 Å². The van der Waals surface area contributed by atoms with E-state index >= 15 is 0 Å². The van der Waals surface area contributed by atoms with Gasteiger partial charge in [0.05, 0.1) is 30.4 Å². The van der Waals surface area contributed by atoms with Gasteiger partial charge in [0.25, 0.3) is 5.91 Å². The van der Waals surface area contributed by atoms with Gasteiger partial charge in [0.1, 0.15) is 18.3 Å². The number of amides is 1. The Labute approximate surface area is 113 Å². The van der Waals surface area contributed by atoms with Gasteiger partial charge in [-0.25, -0.2) is 4.68 Å². The maximum absolute atomic E-state index is 11.3. The molecule has 9 heteroatoms. The fourth-order valence-corrected chi connectivity index (χ4v) is 2.07. The maximum Gasteiger partial charge on any atom is 0.252 e. The van der Waals surface area contributed by atoms with Gasteiger partial charge in [-0.1, -0.05) is 0 Å². The van der Waals surface area contributed by atoms with Crippen LogP contribution in [0.3, 0.4) is 0 Å². The summed E-state index contributed by atoms with van der Waals surface area (Å²) in [6.45, 7) is -0.469. The second-order valence-corrected chi connectivity index (χ2v) is 4.40. The van der Waals surface area contributed by atoms with E-state index in [-0.39, 0.29) is 17.7 Å². The first-order valence-corrected chi connectivity index (χ1v) is 5.86. The zero-order valence-corrected chi connectivity index (χ0v) is 10.4. The van der Waals surface area contributed by atoms with Crippen LogP contribution < -0.4 is 5.73 Å². The molecule has 0 unspecified atom stereocenters. The number of aliphatic hydroxyl groups is 3. The van der Waals surface area contributed by atoms with Gasteiger partial charge < -0.3 is 25.8 Å². The van der Waals surface area contributed by atoms with E-state index in [4.69, 9.17) is 20.8 Å². The number of aliphatic hydroxyl groups excluding tert-OH is 3. The molecule has 1 saturated heterocycles. The van der Waals surface area contributed by atoms with Gasteiger partial charge in [0, 0.05) is 6.20 Å². The molecule has 9 nitrogen and oxygen atoms in total. The standard InChI is InChI=1S/C11H14N4O5/c12-2-1-6-5(10(13)19)3-15(14-6)11-9(18)8(17)7(4-16)20-11/h3,7-9,11,16-18H,1,4H2,(H2,13,19)/t7-,8-,9-,11-/m1/s1. The highest BCUT2D eigenvalue weighted by molar-refractivity contribution is 5.93. The third-order valence-corrected chi connectivity index (χ3v) is 3.10. The van der Waals surface area contributed by atoms with Crippen LogP contribution in [0.5, 0.6) is 0 Å². The lowest BCUT2D eigenvalue weighted by Crippen LogP contribution is -2.33. The molecular weight excluding hydrogens is 268 g/mol. The van der Waals surface area contributed by atoms with E-state index in [1.54, 1.807) is 0 Å². The molecule has 1 aliphatic rings. The van der Waals surface area contributed by atoms with E-state index in [2.05, 4.69) is 5.10 Å². The highest BCUT2D eigenvalue weighted by atomic mass is 16.6. The van der Waals surface area contributed by atoms with E-state index in [0.29, 0.717) is 0 Å². The number of hydrogen-bond donors (Lipinski definition) is 4. The summed E-state index contributed by atoms with van der Waals surface area (Å²) in [5, 5.41) is 41.2. The lowest BCUT2D eigenvalue weighted by molar-refractivity contribution is -0.0587. The van der Waals surface area contributed by atoms with Crippen molar-refractivity contribution in [1.82, 2.24) is 9.78 Å². The normalized spacial score (nSPS) is 29.3. The van der Waals surface area contributed by atoms with Crippen molar-refractivity contribution >= 4 is 5.91 Å². The molecule has 0 radical (unpaired) electrons. The number of carbonyl (C=O) groups excluding carboxylic acids is 1. The molecule has 1 amide bonds. The van der Waals surface area contributed by atoms with Crippen LogP contribution in [-0.2, 0) is 11.2 Å². The van der Waals surface area contributed by atoms with Crippen molar-refractivity contribution in [3.05, 3.63) is 17.5 Å². The smallest absolute Gasteiger partial charge is 0.252 e. The highest BCUT2D eigenvalue weighted by Crippen LogP contribution is 2.29. The van der Waals surface area contributed by atoms with Crippen LogP contribution in [0.1, 0.15) is 22.3 Å². The zero-order valence-electron chi connectivity index (χ0n) is 10.4. The largest absolute Gasteiger partial charge is 0.394 e. The Bertz CT molecular complexity index is 551. The Balaban J connectivity index is 2.32. The highest BCUT2D eigenvalue weighted by Gasteiger charge is 2.44. The predicted octanol–water partition coefficient (Wildman–Crippen LogP) is -2.34. The molecule has 2 rings (SSSR count). The minimum atomic E-state index is -1.32. The Morgan fingerprint density at radius 1 is 1.55 bits per heavy atom. The summed E-state index contributed by atoms with van der Waals surface area (Å²) in [5.41, 5.74) is 5.39. The van der Waals surface area contributed by atoms with Gasteiger partial charge in [0.15, 0.2) is 6.23 Å². The molecule has 0 aromatic carbocycles. The number of ether oxygens (including phenoxy) is 1. The monoisotopic (exact) mass is 282 g/mol. The first-order valence-electron chi connectivity index (χ1n) is 5.86. The van der Waals surface area contributed by atoms with Crippen molar-refractivity contribution in [2.45, 2.75) is 31.0 Å². The molecule has 0 bridgehead atoms. The van der Waals surface area contributed by atoms with Crippen molar-refractivity contribution in [3.8, 4) is 6.07 Å². The first-order chi connectivity index (χ1) is 9.49. The summed E-state index contributed by atoms with van der Waals surface area (Å²) in [4.78, 5) is 11.3.